The molecule has 0 bridgehead atoms. The van der Waals surface area contributed by atoms with E-state index in [2.05, 4.69) is 37.0 Å². The number of fused-ring (bicyclic) bond motifs is 4. The van der Waals surface area contributed by atoms with Crippen LogP contribution in [0.5, 0.6) is 5.88 Å². The number of nitriles is 1. The van der Waals surface area contributed by atoms with Crippen molar-refractivity contribution in [1.82, 2.24) is 34.8 Å². The number of aromatic nitrogens is 5. The zero-order valence-corrected chi connectivity index (χ0v) is 29.4. The number of ether oxygens (including phenoxy) is 2. The minimum absolute atomic E-state index is 0.00440. The predicted molar refractivity (Wildman–Crippen MR) is 190 cm³/mol. The molecule has 1 spiro atoms. The number of rotatable bonds is 9. The van der Waals surface area contributed by atoms with E-state index in [1.165, 1.54) is 0 Å². The summed E-state index contributed by atoms with van der Waals surface area (Å²) in [7, 11) is 2.13. The highest BCUT2D eigenvalue weighted by Gasteiger charge is 2.49. The first-order valence-corrected chi connectivity index (χ1v) is 17.8. The van der Waals surface area contributed by atoms with Gasteiger partial charge in [0.15, 0.2) is 23.1 Å². The van der Waals surface area contributed by atoms with Crippen molar-refractivity contribution in [3.8, 4) is 29.3 Å². The lowest BCUT2D eigenvalue weighted by Crippen LogP contribution is -2.49. The standard InChI is InChI=1S/C37H45N11O3/c1-22(29-7-5-14-46(29)3)50-31-16-30(48-15-11-28(44-48)27(40)18-47(41)19-36(2)20-49-21-36)42-35(43-31)33-24-6-4-12-37(34(24)51-45-33)13-10-23-8-9-26(39)25(17-38)32(23)37/h8-9,11,15-16,18,22,29H,4-7,10,12-14,19-21,39-41H2,1-3H3/b27-18-. The van der Waals surface area contributed by atoms with Crippen LogP contribution in [0.3, 0.4) is 0 Å². The SMILES string of the molecule is CC(Oc1cc(-n2ccc(/C(N)=C/N(N)CC3(C)COC3)n2)nc(-c2noc3c2CCCC32CCc3ccc(N)c(C#N)c32)n1)C1CCCN1C. The average molecular weight is 692 g/mol. The molecule has 266 valence electrons. The van der Waals surface area contributed by atoms with Crippen molar-refractivity contribution < 1.29 is 14.0 Å². The molecule has 4 aromatic rings. The highest BCUT2D eigenvalue weighted by molar-refractivity contribution is 5.68. The molecule has 2 aliphatic carbocycles. The van der Waals surface area contributed by atoms with E-state index in [-0.39, 0.29) is 17.6 Å². The monoisotopic (exact) mass is 691 g/mol. The van der Waals surface area contributed by atoms with E-state index in [1.807, 2.05) is 18.2 Å². The normalized spacial score (nSPS) is 23.0. The second-order valence-corrected chi connectivity index (χ2v) is 15.1. The van der Waals surface area contributed by atoms with Gasteiger partial charge in [-0.3, -0.25) is 4.90 Å². The Bertz CT molecular complexity index is 2040. The molecule has 6 N–H and O–H groups in total. The molecule has 51 heavy (non-hydrogen) atoms. The van der Waals surface area contributed by atoms with E-state index in [0.717, 1.165) is 73.9 Å². The van der Waals surface area contributed by atoms with Crippen molar-refractivity contribution in [2.75, 3.05) is 39.1 Å². The number of likely N-dealkylation sites (N-methyl/N-ethyl adjacent to an activating group) is 1. The molecule has 14 heteroatoms. The summed E-state index contributed by atoms with van der Waals surface area (Å²) in [5.41, 5.74) is 17.9. The maximum atomic E-state index is 10.2. The van der Waals surface area contributed by atoms with Gasteiger partial charge < -0.3 is 30.5 Å². The molecule has 5 heterocycles. The Kier molecular flexibility index (Phi) is 8.24. The van der Waals surface area contributed by atoms with Gasteiger partial charge >= 0.3 is 0 Å². The summed E-state index contributed by atoms with van der Waals surface area (Å²) in [6.07, 6.45) is 9.71. The first-order valence-electron chi connectivity index (χ1n) is 17.8. The first kappa shape index (κ1) is 33.2. The van der Waals surface area contributed by atoms with Crippen molar-refractivity contribution in [3.63, 3.8) is 0 Å². The van der Waals surface area contributed by atoms with Gasteiger partial charge in [0.25, 0.3) is 0 Å². The third-order valence-electron chi connectivity index (χ3n) is 11.2. The van der Waals surface area contributed by atoms with Crippen LogP contribution >= 0.6 is 0 Å². The minimum Gasteiger partial charge on any atom is -0.473 e. The van der Waals surface area contributed by atoms with Crippen molar-refractivity contribution in [1.29, 1.82) is 5.26 Å². The van der Waals surface area contributed by atoms with Crippen molar-refractivity contribution >= 4 is 11.4 Å². The van der Waals surface area contributed by atoms with E-state index >= 15 is 0 Å². The first-order chi connectivity index (χ1) is 24.6. The molecule has 2 fully saturated rings. The molecule has 2 saturated heterocycles. The van der Waals surface area contributed by atoms with Crippen LogP contribution in [0, 0.1) is 16.7 Å². The summed E-state index contributed by atoms with van der Waals surface area (Å²) >= 11 is 0. The molecule has 14 nitrogen and oxygen atoms in total. The zero-order valence-electron chi connectivity index (χ0n) is 29.4. The quantitative estimate of drug-likeness (QED) is 0.131. The van der Waals surface area contributed by atoms with Crippen LogP contribution < -0.4 is 22.0 Å². The lowest BCUT2D eigenvalue weighted by molar-refractivity contribution is -0.110. The number of nitrogens with zero attached hydrogens (tertiary/aromatic N) is 8. The Morgan fingerprint density at radius 1 is 1.22 bits per heavy atom. The van der Waals surface area contributed by atoms with Crippen LogP contribution in [-0.2, 0) is 23.0 Å². The van der Waals surface area contributed by atoms with Crippen LogP contribution in [0.2, 0.25) is 0 Å². The van der Waals surface area contributed by atoms with Gasteiger partial charge in [0, 0.05) is 47.7 Å². The highest BCUT2D eigenvalue weighted by atomic mass is 16.5. The smallest absolute Gasteiger partial charge is 0.219 e. The topological polar surface area (TPSA) is 196 Å². The maximum Gasteiger partial charge on any atom is 0.219 e. The van der Waals surface area contributed by atoms with E-state index in [1.54, 1.807) is 28.2 Å². The van der Waals surface area contributed by atoms with Crippen molar-refractivity contribution in [2.45, 2.75) is 76.4 Å². The molecular formula is C37H45N11O3. The molecule has 8 rings (SSSR count). The number of benzene rings is 1. The molecule has 2 aliphatic heterocycles. The van der Waals surface area contributed by atoms with E-state index in [0.29, 0.717) is 65.6 Å². The molecule has 4 aliphatic rings. The van der Waals surface area contributed by atoms with Crippen LogP contribution in [0.25, 0.3) is 23.0 Å². The molecule has 3 atom stereocenters. The second kappa shape index (κ2) is 12.7. The summed E-state index contributed by atoms with van der Waals surface area (Å²) in [5.74, 6) is 8.35. The van der Waals surface area contributed by atoms with Crippen LogP contribution in [0.15, 0.2) is 41.2 Å². The molecule has 0 amide bonds. The lowest BCUT2D eigenvalue weighted by atomic mass is 9.68. The lowest BCUT2D eigenvalue weighted by Gasteiger charge is -2.40. The van der Waals surface area contributed by atoms with Gasteiger partial charge in [-0.25, -0.2) is 15.5 Å². The van der Waals surface area contributed by atoms with Gasteiger partial charge in [0.2, 0.25) is 5.88 Å². The third kappa shape index (κ3) is 5.79. The van der Waals surface area contributed by atoms with E-state index < -0.39 is 5.41 Å². The maximum absolute atomic E-state index is 10.2. The summed E-state index contributed by atoms with van der Waals surface area (Å²) in [5, 5.41) is 21.1. The fourth-order valence-corrected chi connectivity index (χ4v) is 8.63. The zero-order chi connectivity index (χ0) is 35.5. The number of aryl methyl sites for hydroxylation is 1. The number of likely N-dealkylation sites (tertiary alicyclic amines) is 1. The van der Waals surface area contributed by atoms with Crippen LogP contribution in [0.1, 0.15) is 79.7 Å². The number of hydrogen-bond donors (Lipinski definition) is 3. The van der Waals surface area contributed by atoms with Gasteiger partial charge in [-0.15, -0.1) is 0 Å². The van der Waals surface area contributed by atoms with Crippen LogP contribution in [0.4, 0.5) is 5.69 Å². The number of nitrogens with two attached hydrogens (primary N) is 3. The Morgan fingerprint density at radius 3 is 2.80 bits per heavy atom. The highest BCUT2D eigenvalue weighted by Crippen LogP contribution is 2.54. The molecule has 0 saturated carbocycles. The van der Waals surface area contributed by atoms with E-state index in [4.69, 9.17) is 46.4 Å². The second-order valence-electron chi connectivity index (χ2n) is 15.1. The van der Waals surface area contributed by atoms with Gasteiger partial charge in [-0.2, -0.15) is 15.3 Å². The average Bonchev–Trinajstić information content (AvgIpc) is 3.91. The van der Waals surface area contributed by atoms with Gasteiger partial charge in [0.1, 0.15) is 17.9 Å². The van der Waals surface area contributed by atoms with Crippen LogP contribution in [-0.4, -0.2) is 80.3 Å². The molecule has 1 aromatic carbocycles. The largest absolute Gasteiger partial charge is 0.473 e. The third-order valence-corrected chi connectivity index (χ3v) is 11.2. The molecule has 3 unspecified atom stereocenters. The Hall–Kier alpha value is -4.97. The molecule has 0 radical (unpaired) electrons. The Balaban J connectivity index is 1.17. The molecular weight excluding hydrogens is 646 g/mol. The number of hydrogen-bond acceptors (Lipinski definition) is 13. The van der Waals surface area contributed by atoms with Gasteiger partial charge in [-0.1, -0.05) is 18.1 Å². The van der Waals surface area contributed by atoms with Crippen molar-refractivity contribution in [2.24, 2.45) is 17.0 Å². The van der Waals surface area contributed by atoms with Gasteiger partial charge in [0.05, 0.1) is 29.9 Å². The fraction of sp³-hybridized carbons (Fsp3) is 0.486. The Labute approximate surface area is 297 Å². The summed E-state index contributed by atoms with van der Waals surface area (Å²) in [4.78, 5) is 12.2. The summed E-state index contributed by atoms with van der Waals surface area (Å²) in [6, 6.07) is 10.1. The number of nitrogen functional groups attached to an aromatic ring is 1. The van der Waals surface area contributed by atoms with Gasteiger partial charge in [-0.05, 0) is 88.7 Å². The van der Waals surface area contributed by atoms with Crippen molar-refractivity contribution in [3.05, 3.63) is 70.4 Å². The summed E-state index contributed by atoms with van der Waals surface area (Å²) in [6.45, 7) is 7.18. The minimum atomic E-state index is -0.478. The number of anilines is 1. The Morgan fingerprint density at radius 2 is 2.06 bits per heavy atom. The predicted octanol–water partition coefficient (Wildman–Crippen LogP) is 3.67. The molecule has 3 aromatic heterocycles. The number of hydrazine groups is 1. The van der Waals surface area contributed by atoms with E-state index in [9.17, 15) is 5.26 Å². The summed E-state index contributed by atoms with van der Waals surface area (Å²) < 4.78 is 19.8. The fourth-order valence-electron chi connectivity index (χ4n) is 8.63.